The van der Waals surface area contributed by atoms with Crippen LogP contribution in [0, 0.1) is 21.4 Å². The van der Waals surface area contributed by atoms with Crippen LogP contribution in [-0.2, 0) is 9.84 Å². The van der Waals surface area contributed by atoms with Gasteiger partial charge in [0.1, 0.15) is 17.0 Å². The van der Waals surface area contributed by atoms with Gasteiger partial charge in [-0.1, -0.05) is 0 Å². The minimum atomic E-state index is -3.28. The zero-order chi connectivity index (χ0) is 15.6. The van der Waals surface area contributed by atoms with E-state index in [1.807, 2.05) is 0 Å². The average Bonchev–Trinajstić information content (AvgIpc) is 2.45. The maximum atomic E-state index is 11.9. The number of anilines is 1. The molecule has 0 amide bonds. The quantitative estimate of drug-likeness (QED) is 0.610. The molecule has 1 heterocycles. The molecule has 1 saturated heterocycles. The second-order valence-electron chi connectivity index (χ2n) is 4.62. The summed E-state index contributed by atoms with van der Waals surface area (Å²) in [6.45, 7) is 0.519. The number of nitriles is 1. The normalized spacial score (nSPS) is 19.0. The van der Waals surface area contributed by atoms with E-state index in [1.54, 1.807) is 22.7 Å². The van der Waals surface area contributed by atoms with Gasteiger partial charge in [-0.25, -0.2) is 8.42 Å². The Morgan fingerprint density at radius 2 is 2.24 bits per heavy atom. The van der Waals surface area contributed by atoms with Crippen LogP contribution in [0.2, 0.25) is 0 Å². The lowest BCUT2D eigenvalue weighted by Crippen LogP contribution is -2.47. The van der Waals surface area contributed by atoms with E-state index < -0.39 is 20.1 Å². The first kappa shape index (κ1) is 15.6. The molecule has 1 aliphatic rings. The highest BCUT2D eigenvalue weighted by Crippen LogP contribution is 2.30. The molecule has 0 spiro atoms. The van der Waals surface area contributed by atoms with Gasteiger partial charge < -0.3 is 4.90 Å². The molecule has 2 rings (SSSR count). The Labute approximate surface area is 126 Å². The lowest BCUT2D eigenvalue weighted by atomic mass is 10.1. The van der Waals surface area contributed by atoms with Crippen molar-refractivity contribution in [1.82, 2.24) is 0 Å². The third-order valence-electron chi connectivity index (χ3n) is 3.21. The highest BCUT2D eigenvalue weighted by molar-refractivity contribution is 8.01. The topological polar surface area (TPSA) is 104 Å². The largest absolute Gasteiger partial charge is 0.353 e. The Kier molecular flexibility index (Phi) is 4.39. The van der Waals surface area contributed by atoms with Crippen LogP contribution in [0.3, 0.4) is 0 Å². The summed E-state index contributed by atoms with van der Waals surface area (Å²) in [5.41, 5.74) is 0.180. The average molecular weight is 327 g/mol. The van der Waals surface area contributed by atoms with Gasteiger partial charge in [0.25, 0.3) is 5.69 Å². The molecule has 0 aromatic heterocycles. The Bertz CT molecular complexity index is 712. The van der Waals surface area contributed by atoms with Crippen LogP contribution in [0.1, 0.15) is 5.56 Å². The molecule has 21 heavy (non-hydrogen) atoms. The van der Waals surface area contributed by atoms with Crippen LogP contribution in [0.5, 0.6) is 0 Å². The Morgan fingerprint density at radius 1 is 1.52 bits per heavy atom. The van der Waals surface area contributed by atoms with Gasteiger partial charge in [0, 0.05) is 36.1 Å². The molecule has 0 radical (unpaired) electrons. The smallest absolute Gasteiger partial charge is 0.287 e. The van der Waals surface area contributed by atoms with Gasteiger partial charge in [-0.05, 0) is 12.1 Å². The first-order valence-electron chi connectivity index (χ1n) is 6.06. The third-order valence-corrected chi connectivity index (χ3v) is 5.85. The fourth-order valence-corrected chi connectivity index (χ4v) is 5.02. The predicted molar refractivity (Wildman–Crippen MR) is 81.1 cm³/mol. The molecule has 1 fully saturated rings. The minimum absolute atomic E-state index is 0.0667. The lowest BCUT2D eigenvalue weighted by molar-refractivity contribution is -0.385. The van der Waals surface area contributed by atoms with Crippen LogP contribution in [-0.4, -0.2) is 43.0 Å². The van der Waals surface area contributed by atoms with E-state index in [0.717, 1.165) is 5.75 Å². The molecule has 1 aromatic carbocycles. The lowest BCUT2D eigenvalue weighted by Gasteiger charge is -2.35. The molecular weight excluding hydrogens is 314 g/mol. The molecular formula is C12H13N3O4S2. The zero-order valence-corrected chi connectivity index (χ0v) is 12.9. The predicted octanol–water partition coefficient (Wildman–Crippen LogP) is 1.39. The first-order valence-corrected chi connectivity index (χ1v) is 9.17. The number of benzene rings is 1. The third kappa shape index (κ3) is 3.28. The number of rotatable bonds is 3. The molecule has 1 atom stereocenters. The molecule has 1 unspecified atom stereocenters. The van der Waals surface area contributed by atoms with E-state index in [4.69, 9.17) is 5.26 Å². The second-order valence-corrected chi connectivity index (χ2v) is 7.98. The van der Waals surface area contributed by atoms with Crippen LogP contribution >= 0.6 is 11.8 Å². The summed E-state index contributed by atoms with van der Waals surface area (Å²) in [6, 6.07) is 5.91. The van der Waals surface area contributed by atoms with Crippen molar-refractivity contribution in [3.63, 3.8) is 0 Å². The summed E-state index contributed by atoms with van der Waals surface area (Å²) in [6.07, 6.45) is 1.17. The van der Waals surface area contributed by atoms with E-state index in [9.17, 15) is 18.5 Å². The number of sulfone groups is 1. The molecule has 112 valence electrons. The molecule has 9 heteroatoms. The SMILES string of the molecule is CS(=O)(=O)C1CSCCN1c1ccc([N+](=O)[O-])c(C#N)c1. The molecule has 0 aliphatic carbocycles. The van der Waals surface area contributed by atoms with Gasteiger partial charge >= 0.3 is 0 Å². The standard InChI is InChI=1S/C12H13N3O4S2/c1-21(18,19)12-8-20-5-4-14(12)10-2-3-11(15(16)17)9(6-10)7-13/h2-3,6,12H,4-5,8H2,1H3. The monoisotopic (exact) mass is 327 g/mol. The number of thioether (sulfide) groups is 1. The number of nitro groups is 1. The second kappa shape index (κ2) is 5.91. The van der Waals surface area contributed by atoms with Crippen LogP contribution in [0.15, 0.2) is 18.2 Å². The van der Waals surface area contributed by atoms with E-state index >= 15 is 0 Å². The maximum absolute atomic E-state index is 11.9. The van der Waals surface area contributed by atoms with Gasteiger partial charge in [-0.3, -0.25) is 10.1 Å². The summed E-state index contributed by atoms with van der Waals surface area (Å²) in [4.78, 5) is 11.9. The first-order chi connectivity index (χ1) is 9.84. The van der Waals surface area contributed by atoms with Gasteiger partial charge in [0.05, 0.1) is 4.92 Å². The minimum Gasteiger partial charge on any atom is -0.353 e. The summed E-state index contributed by atoms with van der Waals surface area (Å²) < 4.78 is 23.7. The highest BCUT2D eigenvalue weighted by Gasteiger charge is 2.31. The summed E-state index contributed by atoms with van der Waals surface area (Å²) in [5.74, 6) is 1.21. The van der Waals surface area contributed by atoms with Gasteiger partial charge in [0.2, 0.25) is 0 Å². The Morgan fingerprint density at radius 3 is 2.81 bits per heavy atom. The summed E-state index contributed by atoms with van der Waals surface area (Å²) >= 11 is 1.55. The van der Waals surface area contributed by atoms with Crippen LogP contribution < -0.4 is 4.90 Å². The van der Waals surface area contributed by atoms with Crippen molar-refractivity contribution in [2.45, 2.75) is 5.37 Å². The molecule has 7 nitrogen and oxygen atoms in total. The van der Waals surface area contributed by atoms with Crippen molar-refractivity contribution in [2.24, 2.45) is 0 Å². The van der Waals surface area contributed by atoms with Gasteiger partial charge in [-0.2, -0.15) is 17.0 Å². The fourth-order valence-electron chi connectivity index (χ4n) is 2.18. The van der Waals surface area contributed by atoms with Gasteiger partial charge in [0.15, 0.2) is 9.84 Å². The summed E-state index contributed by atoms with van der Waals surface area (Å²) in [5, 5.41) is 19.2. The molecule has 1 aromatic rings. The number of hydrogen-bond acceptors (Lipinski definition) is 7. The number of hydrogen-bond donors (Lipinski definition) is 0. The van der Waals surface area contributed by atoms with Crippen molar-refractivity contribution < 1.29 is 13.3 Å². The molecule has 0 N–H and O–H groups in total. The highest BCUT2D eigenvalue weighted by atomic mass is 32.2. The van der Waals surface area contributed by atoms with Crippen molar-refractivity contribution in [2.75, 3.05) is 29.2 Å². The zero-order valence-electron chi connectivity index (χ0n) is 11.2. The van der Waals surface area contributed by atoms with E-state index in [0.29, 0.717) is 18.0 Å². The van der Waals surface area contributed by atoms with E-state index in [2.05, 4.69) is 0 Å². The number of nitro benzene ring substituents is 1. The van der Waals surface area contributed by atoms with Crippen molar-refractivity contribution in [1.29, 1.82) is 5.26 Å². The van der Waals surface area contributed by atoms with Crippen LogP contribution in [0.4, 0.5) is 11.4 Å². The molecule has 0 saturated carbocycles. The van der Waals surface area contributed by atoms with Gasteiger partial charge in [-0.15, -0.1) is 0 Å². The molecule has 0 bridgehead atoms. The van der Waals surface area contributed by atoms with E-state index in [1.165, 1.54) is 24.5 Å². The Hall–Kier alpha value is -1.79. The van der Waals surface area contributed by atoms with E-state index in [-0.39, 0.29) is 11.3 Å². The van der Waals surface area contributed by atoms with Crippen molar-refractivity contribution in [3.8, 4) is 6.07 Å². The van der Waals surface area contributed by atoms with Crippen molar-refractivity contribution in [3.05, 3.63) is 33.9 Å². The van der Waals surface area contributed by atoms with Crippen LogP contribution in [0.25, 0.3) is 0 Å². The van der Waals surface area contributed by atoms with Crippen molar-refractivity contribution >= 4 is 33.0 Å². The fraction of sp³-hybridized carbons (Fsp3) is 0.417. The summed E-state index contributed by atoms with van der Waals surface area (Å²) in [7, 11) is -3.28. The number of nitrogens with zero attached hydrogens (tertiary/aromatic N) is 3. The molecule has 1 aliphatic heterocycles. The Balaban J connectivity index is 2.45. The maximum Gasteiger partial charge on any atom is 0.287 e.